The van der Waals surface area contributed by atoms with Crippen LogP contribution in [0, 0.1) is 18.8 Å². The van der Waals surface area contributed by atoms with Crippen LogP contribution in [-0.2, 0) is 21.1 Å². The van der Waals surface area contributed by atoms with E-state index in [0.717, 1.165) is 22.0 Å². The Morgan fingerprint density at radius 2 is 1.76 bits per heavy atom. The molecular formula is C27H18N3O3Pt-3. The van der Waals surface area contributed by atoms with Crippen molar-refractivity contribution in [2.24, 2.45) is 0 Å². The van der Waals surface area contributed by atoms with Crippen LogP contribution in [0.3, 0.4) is 0 Å². The zero-order valence-corrected chi connectivity index (χ0v) is 20.3. The fourth-order valence-corrected chi connectivity index (χ4v) is 3.71. The van der Waals surface area contributed by atoms with Crippen molar-refractivity contribution in [3.05, 3.63) is 104 Å². The first-order chi connectivity index (χ1) is 16.2. The van der Waals surface area contributed by atoms with E-state index >= 15 is 0 Å². The summed E-state index contributed by atoms with van der Waals surface area (Å²) in [5, 5.41) is 1.84. The zero-order valence-electron chi connectivity index (χ0n) is 18.0. The van der Waals surface area contributed by atoms with Crippen LogP contribution in [-0.4, -0.2) is 16.9 Å². The molecule has 6 rings (SSSR count). The van der Waals surface area contributed by atoms with Gasteiger partial charge < -0.3 is 23.7 Å². The van der Waals surface area contributed by atoms with Gasteiger partial charge in [0, 0.05) is 50.2 Å². The van der Waals surface area contributed by atoms with E-state index in [1.54, 1.807) is 12.3 Å². The van der Waals surface area contributed by atoms with Crippen molar-refractivity contribution in [3.63, 3.8) is 0 Å². The van der Waals surface area contributed by atoms with Crippen LogP contribution in [0.1, 0.15) is 0 Å². The van der Waals surface area contributed by atoms with E-state index < -0.39 is 0 Å². The number of rotatable bonds is 5. The van der Waals surface area contributed by atoms with E-state index in [-0.39, 0.29) is 21.1 Å². The van der Waals surface area contributed by atoms with Crippen LogP contribution >= 0.6 is 0 Å². The second-order valence-electron chi connectivity index (χ2n) is 7.56. The van der Waals surface area contributed by atoms with Gasteiger partial charge in [0.25, 0.3) is 0 Å². The molecule has 0 spiro atoms. The Morgan fingerprint density at radius 3 is 2.59 bits per heavy atom. The largest absolute Gasteiger partial charge is 0.512 e. The van der Waals surface area contributed by atoms with Crippen molar-refractivity contribution in [3.8, 4) is 23.1 Å². The molecule has 0 aliphatic carbocycles. The predicted octanol–water partition coefficient (Wildman–Crippen LogP) is 6.51. The Labute approximate surface area is 211 Å². The third kappa shape index (κ3) is 4.25. The average Bonchev–Trinajstić information content (AvgIpc) is 3.44. The molecule has 1 aliphatic heterocycles. The monoisotopic (exact) mass is 627 g/mol. The van der Waals surface area contributed by atoms with E-state index in [1.165, 1.54) is 0 Å². The van der Waals surface area contributed by atoms with Gasteiger partial charge in [-0.05, 0) is 31.6 Å². The first-order valence-corrected chi connectivity index (χ1v) is 10.4. The van der Waals surface area contributed by atoms with Gasteiger partial charge in [0.15, 0.2) is 0 Å². The van der Waals surface area contributed by atoms with E-state index in [0.29, 0.717) is 28.7 Å². The van der Waals surface area contributed by atoms with Crippen molar-refractivity contribution in [2.75, 3.05) is 11.9 Å². The van der Waals surface area contributed by atoms with Crippen molar-refractivity contribution in [1.82, 2.24) is 9.88 Å². The second-order valence-corrected chi connectivity index (χ2v) is 7.56. The smallest absolute Gasteiger partial charge is 0.216 e. The van der Waals surface area contributed by atoms with Crippen LogP contribution in [0.15, 0.2) is 89.7 Å². The summed E-state index contributed by atoms with van der Waals surface area (Å²) in [6, 6.07) is 27.5. The predicted molar refractivity (Wildman–Crippen MR) is 126 cm³/mol. The molecule has 3 heterocycles. The Kier molecular flexibility index (Phi) is 5.99. The number of benzene rings is 3. The van der Waals surface area contributed by atoms with Crippen molar-refractivity contribution >= 4 is 27.6 Å². The number of furan rings is 1. The minimum atomic E-state index is 0. The maximum atomic E-state index is 6.24. The molecule has 1 aliphatic rings. The summed E-state index contributed by atoms with van der Waals surface area (Å²) in [7, 11) is 1.97. The molecule has 0 amide bonds. The van der Waals surface area contributed by atoms with Gasteiger partial charge in [-0.1, -0.05) is 35.7 Å². The summed E-state index contributed by atoms with van der Waals surface area (Å²) in [5.74, 6) is 1.91. The van der Waals surface area contributed by atoms with E-state index in [2.05, 4.69) is 17.1 Å². The number of pyridine rings is 1. The summed E-state index contributed by atoms with van der Waals surface area (Å²) in [5.41, 5.74) is 2.21. The summed E-state index contributed by atoms with van der Waals surface area (Å²) in [6.07, 6.45) is 5.60. The molecule has 0 bridgehead atoms. The molecule has 7 heteroatoms. The topological polar surface area (TPSA) is 51.0 Å². The van der Waals surface area contributed by atoms with Crippen molar-refractivity contribution < 1.29 is 35.0 Å². The number of fused-ring (bicyclic) bond motifs is 3. The van der Waals surface area contributed by atoms with Gasteiger partial charge >= 0.3 is 0 Å². The summed E-state index contributed by atoms with van der Waals surface area (Å²) >= 11 is 0. The van der Waals surface area contributed by atoms with Crippen molar-refractivity contribution in [1.29, 1.82) is 0 Å². The second kappa shape index (κ2) is 9.24. The molecule has 0 N–H and O–H groups in total. The van der Waals surface area contributed by atoms with Gasteiger partial charge in [0.2, 0.25) is 5.88 Å². The Balaban J connectivity index is 0.00000241. The SMILES string of the molecule is CN1C=CN(c2[c-]c(Oc3[c-]c(Oc4ccccn4)cc4c3oc3ccccc34)ccc2)[CH-]1.[Pt]. The Bertz CT molecular complexity index is 1480. The van der Waals surface area contributed by atoms with Gasteiger partial charge in [0.05, 0.1) is 11.3 Å². The number of hydrogen-bond donors (Lipinski definition) is 0. The maximum absolute atomic E-state index is 6.24. The summed E-state index contributed by atoms with van der Waals surface area (Å²) in [4.78, 5) is 8.18. The molecule has 0 atom stereocenters. The first-order valence-electron chi connectivity index (χ1n) is 10.4. The van der Waals surface area contributed by atoms with Crippen molar-refractivity contribution in [2.45, 2.75) is 0 Å². The Morgan fingerprint density at radius 1 is 0.882 bits per heavy atom. The molecule has 0 fully saturated rings. The van der Waals surface area contributed by atoms with E-state index in [1.807, 2.05) is 96.6 Å². The molecule has 2 aromatic heterocycles. The fourth-order valence-electron chi connectivity index (χ4n) is 3.71. The molecule has 5 aromatic rings. The van der Waals surface area contributed by atoms with Crippen LogP contribution in [0.5, 0.6) is 23.1 Å². The normalized spacial score (nSPS) is 12.9. The summed E-state index contributed by atoms with van der Waals surface area (Å²) in [6.45, 7) is 1.96. The van der Waals surface area contributed by atoms with Gasteiger partial charge in [-0.15, -0.1) is 30.0 Å². The number of hydrogen-bond acceptors (Lipinski definition) is 6. The van der Waals surface area contributed by atoms with Gasteiger partial charge in [0.1, 0.15) is 5.58 Å². The van der Waals surface area contributed by atoms with E-state index in [9.17, 15) is 0 Å². The quantitative estimate of drug-likeness (QED) is 0.207. The van der Waals surface area contributed by atoms with E-state index in [4.69, 9.17) is 13.9 Å². The fraction of sp³-hybridized carbons (Fsp3) is 0.0370. The molecule has 3 aromatic carbocycles. The molecule has 0 saturated heterocycles. The van der Waals surface area contributed by atoms with Crippen LogP contribution in [0.4, 0.5) is 5.69 Å². The molecular weight excluding hydrogens is 609 g/mol. The minimum Gasteiger partial charge on any atom is -0.512 e. The number of aromatic nitrogens is 1. The number of nitrogens with zero attached hydrogens (tertiary/aromatic N) is 3. The van der Waals surface area contributed by atoms with Gasteiger partial charge in [-0.25, -0.2) is 4.98 Å². The molecule has 34 heavy (non-hydrogen) atoms. The average molecular weight is 628 g/mol. The third-order valence-corrected chi connectivity index (χ3v) is 5.22. The van der Waals surface area contributed by atoms with Crippen LogP contribution in [0.25, 0.3) is 21.9 Å². The summed E-state index contributed by atoms with van der Waals surface area (Å²) < 4.78 is 18.3. The number of anilines is 1. The standard InChI is InChI=1S/C27H18N3O3.Pt/c1-29-13-14-30(18-29)19-7-6-8-20(15-19)31-25-17-21(32-26-11-4-5-12-28-26)16-23-22-9-2-3-10-24(22)33-27(23)25;/h2-14,16,18H,1H3;/q-3;. The number of ether oxygens (including phenoxy) is 2. The first kappa shape index (κ1) is 22.1. The molecule has 6 nitrogen and oxygen atoms in total. The Hall–Kier alpha value is -3.76. The maximum Gasteiger partial charge on any atom is 0.216 e. The molecule has 0 radical (unpaired) electrons. The zero-order chi connectivity index (χ0) is 22.2. The van der Waals surface area contributed by atoms with Gasteiger partial charge in [-0.2, -0.15) is 12.7 Å². The molecule has 0 saturated carbocycles. The van der Waals surface area contributed by atoms with Crippen LogP contribution < -0.4 is 14.4 Å². The molecule has 0 unspecified atom stereocenters. The third-order valence-electron chi connectivity index (χ3n) is 5.22. The van der Waals surface area contributed by atoms with Crippen LogP contribution in [0.2, 0.25) is 0 Å². The molecule has 172 valence electrons. The van der Waals surface area contributed by atoms with Gasteiger partial charge in [-0.3, -0.25) is 0 Å². The minimum absolute atomic E-state index is 0. The number of para-hydroxylation sites is 1.